The number of hydrogen-bond donors (Lipinski definition) is 0. The van der Waals surface area contributed by atoms with E-state index < -0.39 is 31.6 Å². The molecular formula is C26H52O2SSn. The molecule has 0 rings (SSSR count). The molecule has 30 heavy (non-hydrogen) atoms. The minimum atomic E-state index is -1.02. The van der Waals surface area contributed by atoms with Crippen LogP contribution < -0.4 is 5.11 Å². The van der Waals surface area contributed by atoms with E-state index >= 15 is 0 Å². The second-order valence-electron chi connectivity index (χ2n) is 9.36. The number of carbonyl (C=O) groups excluding carboxylic acids is 1. The molecule has 178 valence electrons. The summed E-state index contributed by atoms with van der Waals surface area (Å²) in [5, 5.41) is 12.1. The quantitative estimate of drug-likeness (QED) is 0.0827. The first kappa shape index (κ1) is 32.5. The first-order chi connectivity index (χ1) is 14.5. The van der Waals surface area contributed by atoms with Crippen LogP contribution in [0, 0.1) is 5.92 Å². The fourth-order valence-corrected chi connectivity index (χ4v) is 3.75. The summed E-state index contributed by atoms with van der Waals surface area (Å²) in [6.45, 7) is 2.28. The number of rotatable bonds is 21. The summed E-state index contributed by atoms with van der Waals surface area (Å²) in [6, 6.07) is 0. The summed E-state index contributed by atoms with van der Waals surface area (Å²) < 4.78 is 0. The van der Waals surface area contributed by atoms with Crippen LogP contribution in [0.5, 0.6) is 0 Å². The van der Waals surface area contributed by atoms with Crippen LogP contribution in [0.3, 0.4) is 0 Å². The Labute approximate surface area is 202 Å². The van der Waals surface area contributed by atoms with Crippen molar-refractivity contribution in [2.45, 2.75) is 144 Å². The number of unbranched alkanes of at least 4 members (excludes halogenated alkanes) is 17. The third-order valence-electron chi connectivity index (χ3n) is 5.34. The van der Waals surface area contributed by atoms with E-state index in [1.54, 1.807) is 0 Å². The molecule has 0 aromatic heterocycles. The van der Waals surface area contributed by atoms with E-state index in [0.717, 1.165) is 12.8 Å². The van der Waals surface area contributed by atoms with Gasteiger partial charge in [-0.05, 0) is 11.8 Å². The van der Waals surface area contributed by atoms with Crippen molar-refractivity contribution in [2.24, 2.45) is 5.92 Å². The predicted molar refractivity (Wildman–Crippen MR) is 139 cm³/mol. The Morgan fingerprint density at radius 2 is 0.967 bits per heavy atom. The van der Waals surface area contributed by atoms with Gasteiger partial charge < -0.3 is 9.90 Å². The van der Waals surface area contributed by atoms with E-state index in [1.807, 2.05) is 0 Å². The summed E-state index contributed by atoms with van der Waals surface area (Å²) in [5.41, 5.74) is 0. The van der Waals surface area contributed by atoms with Crippen molar-refractivity contribution in [3.8, 4) is 0 Å². The molecule has 0 saturated heterocycles. The third-order valence-corrected chi connectivity index (χ3v) is 5.66. The van der Waals surface area contributed by atoms with Crippen LogP contribution in [0.1, 0.15) is 129 Å². The molecule has 0 radical (unpaired) electrons. The van der Waals surface area contributed by atoms with Crippen LogP contribution in [0.2, 0.25) is 14.8 Å². The molecule has 0 aromatic rings. The van der Waals surface area contributed by atoms with Gasteiger partial charge in [0.05, 0.1) is 0 Å². The zero-order valence-electron chi connectivity index (χ0n) is 20.8. The molecule has 0 spiro atoms. The van der Waals surface area contributed by atoms with Crippen LogP contribution in [0.15, 0.2) is 0 Å². The molecule has 0 N–H and O–H groups in total. The van der Waals surface area contributed by atoms with Gasteiger partial charge in [-0.25, -0.2) is 0 Å². The molecular weight excluding hydrogens is 495 g/mol. The summed E-state index contributed by atoms with van der Waals surface area (Å²) in [7, 11) is 0. The molecule has 0 aliphatic rings. The SMILES string of the molecule is CCCCCCCCCCCCCCCCCCCCC(C=S)C(=O)[O-].[CH3][Sn+]([CH3])[CH3]. The zero-order chi connectivity index (χ0) is 22.9. The molecule has 1 unspecified atom stereocenters. The maximum atomic E-state index is 10.7. The first-order valence-electron chi connectivity index (χ1n) is 12.9. The summed E-state index contributed by atoms with van der Waals surface area (Å²) in [6.07, 6.45) is 24.9. The van der Waals surface area contributed by atoms with Gasteiger partial charge in [-0.3, -0.25) is 0 Å². The van der Waals surface area contributed by atoms with Crippen molar-refractivity contribution in [3.05, 3.63) is 0 Å². The maximum absolute atomic E-state index is 10.7. The molecule has 0 bridgehead atoms. The van der Waals surface area contributed by atoms with Crippen molar-refractivity contribution in [2.75, 3.05) is 0 Å². The van der Waals surface area contributed by atoms with Crippen LogP contribution in [0.4, 0.5) is 0 Å². The average Bonchev–Trinajstić information content (AvgIpc) is 2.69. The molecule has 4 heteroatoms. The van der Waals surface area contributed by atoms with Gasteiger partial charge in [-0.2, -0.15) is 0 Å². The van der Waals surface area contributed by atoms with Gasteiger partial charge >= 0.3 is 34.6 Å². The van der Waals surface area contributed by atoms with E-state index in [-0.39, 0.29) is 0 Å². The Morgan fingerprint density at radius 1 is 0.700 bits per heavy atom. The van der Waals surface area contributed by atoms with Gasteiger partial charge in [0.15, 0.2) is 0 Å². The number of hydrogen-bond acceptors (Lipinski definition) is 3. The molecule has 0 fully saturated rings. The monoisotopic (exact) mass is 548 g/mol. The summed E-state index contributed by atoms with van der Waals surface area (Å²) in [5.74, 6) is -1.56. The Kier molecular flexibility index (Phi) is 29.7. The Balaban J connectivity index is 0. The molecule has 0 saturated carbocycles. The normalized spacial score (nSPS) is 11.5. The fourth-order valence-electron chi connectivity index (χ4n) is 3.51. The zero-order valence-corrected chi connectivity index (χ0v) is 24.5. The van der Waals surface area contributed by atoms with Crippen molar-refractivity contribution < 1.29 is 9.90 Å². The van der Waals surface area contributed by atoms with Crippen molar-refractivity contribution >= 4 is 43.3 Å². The van der Waals surface area contributed by atoms with Crippen molar-refractivity contribution in [1.82, 2.24) is 0 Å². The van der Waals surface area contributed by atoms with E-state index in [2.05, 4.69) is 21.7 Å². The minimum absolute atomic E-state index is 0.536. The molecule has 0 amide bonds. The summed E-state index contributed by atoms with van der Waals surface area (Å²) in [4.78, 5) is 17.8. The van der Waals surface area contributed by atoms with E-state index in [9.17, 15) is 9.90 Å². The van der Waals surface area contributed by atoms with Crippen molar-refractivity contribution in [1.29, 1.82) is 0 Å². The van der Waals surface area contributed by atoms with Crippen LogP contribution >= 0.6 is 12.2 Å². The van der Waals surface area contributed by atoms with E-state index in [1.165, 1.54) is 108 Å². The van der Waals surface area contributed by atoms with Gasteiger partial charge in [0.25, 0.3) is 0 Å². The Morgan fingerprint density at radius 3 is 1.20 bits per heavy atom. The molecule has 2 nitrogen and oxygen atoms in total. The topological polar surface area (TPSA) is 40.1 Å². The number of thiocarbonyl (C=S) groups is 1. The second kappa shape index (κ2) is 27.4. The van der Waals surface area contributed by atoms with Crippen LogP contribution in [0.25, 0.3) is 0 Å². The van der Waals surface area contributed by atoms with Gasteiger partial charge in [0, 0.05) is 11.9 Å². The van der Waals surface area contributed by atoms with Gasteiger partial charge in [0.2, 0.25) is 0 Å². The summed E-state index contributed by atoms with van der Waals surface area (Å²) >= 11 is 4.18. The third kappa shape index (κ3) is 30.6. The first-order valence-corrected chi connectivity index (χ1v) is 21.9. The molecule has 0 heterocycles. The molecule has 0 aliphatic heterocycles. The van der Waals surface area contributed by atoms with Crippen LogP contribution in [-0.2, 0) is 4.79 Å². The fraction of sp³-hybridized carbons (Fsp3) is 0.923. The number of carboxylic acid groups (broad SMARTS) is 1. The van der Waals surface area contributed by atoms with Crippen LogP contribution in [-0.4, -0.2) is 31.1 Å². The number of carbonyl (C=O) groups is 1. The number of carboxylic acids is 1. The molecule has 0 aromatic carbocycles. The van der Waals surface area contributed by atoms with Gasteiger partial charge in [-0.15, -0.1) is 0 Å². The molecule has 1 atom stereocenters. The molecule has 0 aliphatic carbocycles. The Bertz CT molecular complexity index is 358. The van der Waals surface area contributed by atoms with Gasteiger partial charge in [-0.1, -0.05) is 135 Å². The van der Waals surface area contributed by atoms with Crippen molar-refractivity contribution in [3.63, 3.8) is 0 Å². The predicted octanol–water partition coefficient (Wildman–Crippen LogP) is 8.15. The van der Waals surface area contributed by atoms with Gasteiger partial charge in [0.1, 0.15) is 0 Å². The van der Waals surface area contributed by atoms with E-state index in [4.69, 9.17) is 12.2 Å². The van der Waals surface area contributed by atoms with E-state index in [0.29, 0.717) is 6.42 Å². The average molecular weight is 547 g/mol. The number of aliphatic carboxylic acids is 1. The second-order valence-corrected chi connectivity index (χ2v) is 18.2. The standard InChI is InChI=1S/C23H44O2S.3CH3.Sn/c1-2-3-4-5-6-7-8-9-10-11-12-13-14-15-16-17-18-19-20-22(21-26)23(24)25;;;;/h21-22H,2-20H2,1H3,(H,24,25);3*1H3;/q;;;;+1/p-1. The Hall–Kier alpha value is 0.359.